The Morgan fingerprint density at radius 2 is 1.96 bits per heavy atom. The van der Waals surface area contributed by atoms with Gasteiger partial charge in [0.15, 0.2) is 5.82 Å². The normalized spacial score (nSPS) is 28.8. The zero-order valence-corrected chi connectivity index (χ0v) is 16.3. The number of hydrogen-bond acceptors (Lipinski definition) is 6. The zero-order chi connectivity index (χ0) is 19.3. The number of fused-ring (bicyclic) bond motifs is 4. The number of nitrogens with zero attached hydrogens (tertiary/aromatic N) is 2. The molecule has 28 heavy (non-hydrogen) atoms. The summed E-state index contributed by atoms with van der Waals surface area (Å²) in [5.41, 5.74) is 3.39. The number of aliphatic hydroxyl groups excluding tert-OH is 1. The van der Waals surface area contributed by atoms with E-state index in [1.54, 1.807) is 12.1 Å². The van der Waals surface area contributed by atoms with E-state index in [-0.39, 0.29) is 30.1 Å². The number of benzene rings is 1. The lowest BCUT2D eigenvalue weighted by atomic mass is 9.91. The fourth-order valence-corrected chi connectivity index (χ4v) is 4.98. The maximum absolute atomic E-state index is 10.4. The van der Waals surface area contributed by atoms with Gasteiger partial charge in [0.05, 0.1) is 24.4 Å². The third kappa shape index (κ3) is 3.13. The summed E-state index contributed by atoms with van der Waals surface area (Å²) in [4.78, 5) is 0. The molecule has 2 aliphatic heterocycles. The van der Waals surface area contributed by atoms with Crippen molar-refractivity contribution < 1.29 is 14.9 Å². The van der Waals surface area contributed by atoms with Gasteiger partial charge in [-0.15, -0.1) is 10.2 Å². The molecular formula is C21H24ClN3O3. The molecule has 0 spiro atoms. The second-order valence-corrected chi connectivity index (χ2v) is 8.52. The molecule has 2 aromatic rings. The third-order valence-corrected chi connectivity index (χ3v) is 6.48. The van der Waals surface area contributed by atoms with E-state index in [1.807, 2.05) is 0 Å². The first kappa shape index (κ1) is 18.2. The maximum atomic E-state index is 10.4. The molecule has 2 bridgehead atoms. The Hall–Kier alpha value is -1.89. The molecule has 3 aliphatic rings. The van der Waals surface area contributed by atoms with E-state index < -0.39 is 0 Å². The summed E-state index contributed by atoms with van der Waals surface area (Å²) in [7, 11) is 0. The van der Waals surface area contributed by atoms with Crippen LogP contribution >= 0.6 is 11.6 Å². The standard InChI is InChI=1S/C21H24ClN3O3/c22-11-5-7-13(17(27)9-11)20-19-14(10-12-6-8-18(19)28-12)21(25-24-20)23-15-3-1-2-4-16(15)26/h5,7,9,12,15-16,18,26-27H,1-4,6,8,10H2,(H,23,25)/t12?,15-,16-,18?/m1/s1. The van der Waals surface area contributed by atoms with Crippen LogP contribution in [-0.2, 0) is 11.2 Å². The van der Waals surface area contributed by atoms with Gasteiger partial charge in [0.25, 0.3) is 0 Å². The van der Waals surface area contributed by atoms with Gasteiger partial charge in [-0.1, -0.05) is 24.4 Å². The Labute approximate surface area is 168 Å². The molecule has 0 radical (unpaired) electrons. The summed E-state index contributed by atoms with van der Waals surface area (Å²) < 4.78 is 6.16. The van der Waals surface area contributed by atoms with Crippen molar-refractivity contribution >= 4 is 17.4 Å². The molecule has 4 atom stereocenters. The number of hydrogen-bond donors (Lipinski definition) is 3. The first-order valence-electron chi connectivity index (χ1n) is 10.1. The van der Waals surface area contributed by atoms with Crippen LogP contribution in [0.1, 0.15) is 55.8 Å². The number of nitrogens with one attached hydrogen (secondary N) is 1. The quantitative estimate of drug-likeness (QED) is 0.720. The van der Waals surface area contributed by atoms with Crippen LogP contribution in [0.25, 0.3) is 11.3 Å². The molecule has 2 fully saturated rings. The molecular weight excluding hydrogens is 378 g/mol. The van der Waals surface area contributed by atoms with Crippen LogP contribution in [-0.4, -0.2) is 38.7 Å². The van der Waals surface area contributed by atoms with E-state index in [0.717, 1.165) is 61.9 Å². The molecule has 5 rings (SSSR count). The fourth-order valence-electron chi connectivity index (χ4n) is 4.81. The van der Waals surface area contributed by atoms with E-state index in [4.69, 9.17) is 16.3 Å². The average Bonchev–Trinajstić information content (AvgIpc) is 3.06. The molecule has 0 amide bonds. The summed E-state index contributed by atoms with van der Waals surface area (Å²) in [5, 5.41) is 33.7. The van der Waals surface area contributed by atoms with Crippen LogP contribution in [0.4, 0.5) is 5.82 Å². The van der Waals surface area contributed by atoms with E-state index in [0.29, 0.717) is 16.3 Å². The number of aromatic nitrogens is 2. The molecule has 3 N–H and O–H groups in total. The second-order valence-electron chi connectivity index (χ2n) is 8.08. The number of rotatable bonds is 3. The minimum atomic E-state index is -0.359. The van der Waals surface area contributed by atoms with Crippen LogP contribution in [0.5, 0.6) is 5.75 Å². The van der Waals surface area contributed by atoms with Gasteiger partial charge in [-0.3, -0.25) is 0 Å². The largest absolute Gasteiger partial charge is 0.507 e. The fraction of sp³-hybridized carbons (Fsp3) is 0.524. The van der Waals surface area contributed by atoms with Gasteiger partial charge in [-0.05, 0) is 43.9 Å². The van der Waals surface area contributed by atoms with Gasteiger partial charge in [0.1, 0.15) is 11.4 Å². The third-order valence-electron chi connectivity index (χ3n) is 6.24. The lowest BCUT2D eigenvalue weighted by Crippen LogP contribution is -2.37. The lowest BCUT2D eigenvalue weighted by molar-refractivity contribution is 0.0325. The minimum Gasteiger partial charge on any atom is -0.507 e. The summed E-state index contributed by atoms with van der Waals surface area (Å²) in [6.45, 7) is 0. The van der Waals surface area contributed by atoms with Crippen molar-refractivity contribution in [3.8, 4) is 17.0 Å². The molecule has 1 aromatic heterocycles. The highest BCUT2D eigenvalue weighted by molar-refractivity contribution is 6.30. The van der Waals surface area contributed by atoms with Gasteiger partial charge in [-0.25, -0.2) is 0 Å². The molecule has 1 saturated carbocycles. The van der Waals surface area contributed by atoms with E-state index in [2.05, 4.69) is 15.5 Å². The molecule has 1 saturated heterocycles. The Morgan fingerprint density at radius 1 is 1.11 bits per heavy atom. The summed E-state index contributed by atoms with van der Waals surface area (Å²) in [6.07, 6.45) is 6.45. The Balaban J connectivity index is 1.59. The monoisotopic (exact) mass is 401 g/mol. The lowest BCUT2D eigenvalue weighted by Gasteiger charge is -2.32. The SMILES string of the molecule is Oc1cc(Cl)ccc1-c1nnc(N[C@@H]2CCCC[C@H]2O)c2c1C1CCC(C2)O1. The van der Waals surface area contributed by atoms with Crippen molar-refractivity contribution in [1.29, 1.82) is 0 Å². The van der Waals surface area contributed by atoms with Crippen LogP contribution in [0.3, 0.4) is 0 Å². The van der Waals surface area contributed by atoms with Gasteiger partial charge in [-0.2, -0.15) is 0 Å². The highest BCUT2D eigenvalue weighted by atomic mass is 35.5. The van der Waals surface area contributed by atoms with E-state index in [9.17, 15) is 10.2 Å². The predicted molar refractivity (Wildman–Crippen MR) is 107 cm³/mol. The average molecular weight is 402 g/mol. The topological polar surface area (TPSA) is 87.5 Å². The molecule has 3 heterocycles. The number of ether oxygens (including phenoxy) is 1. The van der Waals surface area contributed by atoms with Crippen molar-refractivity contribution in [3.63, 3.8) is 0 Å². The zero-order valence-electron chi connectivity index (χ0n) is 15.6. The highest BCUT2D eigenvalue weighted by Crippen LogP contribution is 2.47. The van der Waals surface area contributed by atoms with Crippen LogP contribution in [0.2, 0.25) is 5.02 Å². The van der Waals surface area contributed by atoms with Crippen molar-refractivity contribution in [2.24, 2.45) is 0 Å². The molecule has 1 aliphatic carbocycles. The van der Waals surface area contributed by atoms with Gasteiger partial charge < -0.3 is 20.3 Å². The van der Waals surface area contributed by atoms with Crippen molar-refractivity contribution in [2.75, 3.05) is 5.32 Å². The number of anilines is 1. The molecule has 148 valence electrons. The second kappa shape index (κ2) is 7.17. The van der Waals surface area contributed by atoms with Crippen molar-refractivity contribution in [2.45, 2.75) is 69.3 Å². The summed E-state index contributed by atoms with van der Waals surface area (Å²) in [6, 6.07) is 5.05. The Bertz CT molecular complexity index is 907. The maximum Gasteiger partial charge on any atom is 0.152 e. The first-order valence-corrected chi connectivity index (χ1v) is 10.5. The van der Waals surface area contributed by atoms with Crippen molar-refractivity contribution in [1.82, 2.24) is 10.2 Å². The van der Waals surface area contributed by atoms with Gasteiger partial charge in [0, 0.05) is 28.1 Å². The van der Waals surface area contributed by atoms with Crippen LogP contribution < -0.4 is 5.32 Å². The smallest absolute Gasteiger partial charge is 0.152 e. The first-order chi connectivity index (χ1) is 13.6. The number of aromatic hydroxyl groups is 1. The van der Waals surface area contributed by atoms with Gasteiger partial charge in [0.2, 0.25) is 0 Å². The molecule has 2 unspecified atom stereocenters. The number of phenols is 1. The van der Waals surface area contributed by atoms with Gasteiger partial charge >= 0.3 is 0 Å². The molecule has 7 heteroatoms. The summed E-state index contributed by atoms with van der Waals surface area (Å²) >= 11 is 6.00. The Morgan fingerprint density at radius 3 is 2.79 bits per heavy atom. The van der Waals surface area contributed by atoms with E-state index in [1.165, 1.54) is 6.07 Å². The van der Waals surface area contributed by atoms with E-state index >= 15 is 0 Å². The molecule has 1 aromatic carbocycles. The highest BCUT2D eigenvalue weighted by Gasteiger charge is 2.39. The summed E-state index contributed by atoms with van der Waals surface area (Å²) in [5.74, 6) is 0.839. The minimum absolute atomic E-state index is 0.00225. The van der Waals surface area contributed by atoms with Crippen molar-refractivity contribution in [3.05, 3.63) is 34.3 Å². The van der Waals surface area contributed by atoms with Crippen LogP contribution in [0.15, 0.2) is 18.2 Å². The number of halogens is 1. The van der Waals surface area contributed by atoms with Crippen LogP contribution in [0, 0.1) is 0 Å². The number of phenolic OH excluding ortho intramolecular Hbond substituents is 1. The predicted octanol–water partition coefficient (Wildman–Crippen LogP) is 3.99. The number of aliphatic hydroxyl groups is 1. The Kier molecular flexibility index (Phi) is 4.65. The molecule has 6 nitrogen and oxygen atoms in total.